The van der Waals surface area contributed by atoms with Gasteiger partial charge in [-0.3, -0.25) is 14.8 Å². The molecule has 0 spiro atoms. The maximum atomic E-state index is 12.8. The quantitative estimate of drug-likeness (QED) is 0.802. The normalized spacial score (nSPS) is 13.5. The average Bonchev–Trinajstić information content (AvgIpc) is 2.61. The first kappa shape index (κ1) is 16.1. The number of fused-ring (bicyclic) bond motifs is 1. The van der Waals surface area contributed by atoms with E-state index < -0.39 is 5.60 Å². The molecule has 0 aliphatic heterocycles. The Bertz CT molecular complexity index is 857. The van der Waals surface area contributed by atoms with Crippen LogP contribution < -0.4 is 0 Å². The van der Waals surface area contributed by atoms with Crippen LogP contribution in [-0.4, -0.2) is 39.5 Å². The molecular formula is C19H19N3O2. The fourth-order valence-electron chi connectivity index (χ4n) is 2.79. The molecule has 1 atom stereocenters. The molecule has 1 heterocycles. The molecule has 1 unspecified atom stereocenters. The van der Waals surface area contributed by atoms with Crippen molar-refractivity contribution in [3.8, 4) is 0 Å². The van der Waals surface area contributed by atoms with Gasteiger partial charge in [0.2, 0.25) is 0 Å². The van der Waals surface area contributed by atoms with Crippen molar-refractivity contribution in [1.82, 2.24) is 14.9 Å². The van der Waals surface area contributed by atoms with Crippen LogP contribution in [0.2, 0.25) is 0 Å². The van der Waals surface area contributed by atoms with Crippen LogP contribution in [0.5, 0.6) is 0 Å². The maximum absolute atomic E-state index is 12.8. The zero-order chi connectivity index (χ0) is 17.2. The third-order valence-corrected chi connectivity index (χ3v) is 4.02. The first-order valence-electron chi connectivity index (χ1n) is 7.72. The van der Waals surface area contributed by atoms with Crippen molar-refractivity contribution in [3.05, 3.63) is 72.1 Å². The van der Waals surface area contributed by atoms with Gasteiger partial charge in [0.25, 0.3) is 5.91 Å². The molecule has 0 bridgehead atoms. The number of nitrogens with zero attached hydrogens (tertiary/aromatic N) is 3. The van der Waals surface area contributed by atoms with Crippen LogP contribution in [0.1, 0.15) is 22.8 Å². The summed E-state index contributed by atoms with van der Waals surface area (Å²) < 4.78 is 0. The van der Waals surface area contributed by atoms with Gasteiger partial charge in [-0.15, -0.1) is 0 Å². The van der Waals surface area contributed by atoms with Gasteiger partial charge in [0.15, 0.2) is 0 Å². The molecule has 5 heteroatoms. The van der Waals surface area contributed by atoms with E-state index in [4.69, 9.17) is 0 Å². The first-order valence-corrected chi connectivity index (χ1v) is 7.72. The summed E-state index contributed by atoms with van der Waals surface area (Å²) in [6.07, 6.45) is 3.17. The number of aliphatic hydroxyl groups is 1. The van der Waals surface area contributed by atoms with Gasteiger partial charge in [-0.2, -0.15) is 0 Å². The van der Waals surface area contributed by atoms with Crippen molar-refractivity contribution in [2.24, 2.45) is 0 Å². The molecule has 3 aromatic rings. The summed E-state index contributed by atoms with van der Waals surface area (Å²) in [7, 11) is 1.68. The van der Waals surface area contributed by atoms with Gasteiger partial charge < -0.3 is 10.0 Å². The number of aromatic nitrogens is 2. The smallest absolute Gasteiger partial charge is 0.255 e. The molecule has 1 amide bonds. The lowest BCUT2D eigenvalue weighted by Gasteiger charge is -2.29. The Labute approximate surface area is 140 Å². The van der Waals surface area contributed by atoms with Gasteiger partial charge in [-0.1, -0.05) is 36.4 Å². The Kier molecular flexibility index (Phi) is 4.27. The number of rotatable bonds is 4. The summed E-state index contributed by atoms with van der Waals surface area (Å²) in [5.74, 6) is -0.197. The van der Waals surface area contributed by atoms with E-state index in [1.807, 2.05) is 36.4 Å². The molecule has 0 aliphatic carbocycles. The van der Waals surface area contributed by atoms with E-state index in [0.717, 1.165) is 5.56 Å². The number of likely N-dealkylation sites (N-methyl/N-ethyl adjacent to an activating group) is 1. The molecule has 0 fully saturated rings. The average molecular weight is 321 g/mol. The van der Waals surface area contributed by atoms with Gasteiger partial charge >= 0.3 is 0 Å². The fourth-order valence-corrected chi connectivity index (χ4v) is 2.79. The minimum absolute atomic E-state index is 0.173. The largest absolute Gasteiger partial charge is 0.384 e. The number of carbonyl (C=O) groups is 1. The molecule has 122 valence electrons. The number of benzene rings is 2. The summed E-state index contributed by atoms with van der Waals surface area (Å²) in [5.41, 5.74) is 1.35. The van der Waals surface area contributed by atoms with Crippen molar-refractivity contribution in [2.75, 3.05) is 13.6 Å². The first-order chi connectivity index (χ1) is 11.5. The predicted molar refractivity (Wildman–Crippen MR) is 92.5 cm³/mol. The monoisotopic (exact) mass is 321 g/mol. The number of amides is 1. The number of hydrogen-bond acceptors (Lipinski definition) is 4. The molecular weight excluding hydrogens is 302 g/mol. The van der Waals surface area contributed by atoms with Crippen molar-refractivity contribution in [1.29, 1.82) is 0 Å². The Morgan fingerprint density at radius 3 is 2.54 bits per heavy atom. The minimum Gasteiger partial charge on any atom is -0.384 e. The molecule has 2 aromatic carbocycles. The van der Waals surface area contributed by atoms with E-state index in [0.29, 0.717) is 16.6 Å². The highest BCUT2D eigenvalue weighted by molar-refractivity contribution is 6.04. The SMILES string of the molecule is CN(CC(C)(O)c1ccccc1)C(=O)c1cccc2nccnc12. The number of hydrogen-bond donors (Lipinski definition) is 1. The van der Waals surface area contributed by atoms with Crippen molar-refractivity contribution in [3.63, 3.8) is 0 Å². The molecule has 0 saturated carbocycles. The van der Waals surface area contributed by atoms with E-state index >= 15 is 0 Å². The van der Waals surface area contributed by atoms with E-state index in [2.05, 4.69) is 9.97 Å². The highest BCUT2D eigenvalue weighted by Gasteiger charge is 2.27. The van der Waals surface area contributed by atoms with Crippen LogP contribution in [0.25, 0.3) is 11.0 Å². The fraction of sp³-hybridized carbons (Fsp3) is 0.211. The second-order valence-electron chi connectivity index (χ2n) is 6.03. The molecule has 1 N–H and O–H groups in total. The molecule has 0 aliphatic rings. The summed E-state index contributed by atoms with van der Waals surface area (Å²) in [6, 6.07) is 14.7. The van der Waals surface area contributed by atoms with Gasteiger partial charge in [-0.25, -0.2) is 0 Å². The number of carbonyl (C=O) groups excluding carboxylic acids is 1. The summed E-state index contributed by atoms with van der Waals surface area (Å²) >= 11 is 0. The Morgan fingerprint density at radius 2 is 1.79 bits per heavy atom. The zero-order valence-corrected chi connectivity index (χ0v) is 13.7. The van der Waals surface area contributed by atoms with Crippen LogP contribution in [0.15, 0.2) is 60.9 Å². The lowest BCUT2D eigenvalue weighted by molar-refractivity contribution is 0.0214. The Morgan fingerprint density at radius 1 is 1.08 bits per heavy atom. The third-order valence-electron chi connectivity index (χ3n) is 4.02. The molecule has 3 rings (SSSR count). The van der Waals surface area contributed by atoms with E-state index in [9.17, 15) is 9.90 Å². The predicted octanol–water partition coefficient (Wildman–Crippen LogP) is 2.61. The standard InChI is InChI=1S/C19H19N3O2/c1-19(24,14-7-4-3-5-8-14)13-22(2)18(23)15-9-6-10-16-17(15)21-12-11-20-16/h3-12,24H,13H2,1-2H3. The maximum Gasteiger partial charge on any atom is 0.255 e. The van der Waals surface area contributed by atoms with Gasteiger partial charge in [-0.05, 0) is 24.6 Å². The van der Waals surface area contributed by atoms with Crippen LogP contribution in [0, 0.1) is 0 Å². The molecule has 24 heavy (non-hydrogen) atoms. The second kappa shape index (κ2) is 6.37. The van der Waals surface area contributed by atoms with Crippen molar-refractivity contribution >= 4 is 16.9 Å². The topological polar surface area (TPSA) is 66.3 Å². The van der Waals surface area contributed by atoms with Gasteiger partial charge in [0.05, 0.1) is 17.6 Å². The Hall–Kier alpha value is -2.79. The minimum atomic E-state index is -1.14. The second-order valence-corrected chi connectivity index (χ2v) is 6.03. The highest BCUT2D eigenvalue weighted by Crippen LogP contribution is 2.23. The molecule has 0 radical (unpaired) electrons. The zero-order valence-electron chi connectivity index (χ0n) is 13.7. The van der Waals surface area contributed by atoms with E-state index in [1.54, 1.807) is 38.5 Å². The van der Waals surface area contributed by atoms with Crippen LogP contribution in [0.4, 0.5) is 0 Å². The van der Waals surface area contributed by atoms with Gasteiger partial charge in [0.1, 0.15) is 11.1 Å². The Balaban J connectivity index is 1.87. The molecule has 1 aromatic heterocycles. The van der Waals surface area contributed by atoms with E-state index in [-0.39, 0.29) is 12.5 Å². The lowest BCUT2D eigenvalue weighted by atomic mass is 9.95. The van der Waals surface area contributed by atoms with Gasteiger partial charge in [0, 0.05) is 19.4 Å². The highest BCUT2D eigenvalue weighted by atomic mass is 16.3. The lowest BCUT2D eigenvalue weighted by Crippen LogP contribution is -2.40. The summed E-state index contributed by atoms with van der Waals surface area (Å²) in [4.78, 5) is 22.8. The van der Waals surface area contributed by atoms with Crippen LogP contribution in [-0.2, 0) is 5.60 Å². The van der Waals surface area contributed by atoms with Crippen LogP contribution >= 0.6 is 0 Å². The summed E-state index contributed by atoms with van der Waals surface area (Å²) in [5, 5.41) is 10.7. The third kappa shape index (κ3) is 3.12. The van der Waals surface area contributed by atoms with Crippen molar-refractivity contribution < 1.29 is 9.90 Å². The van der Waals surface area contributed by atoms with E-state index in [1.165, 1.54) is 4.90 Å². The van der Waals surface area contributed by atoms with Crippen molar-refractivity contribution in [2.45, 2.75) is 12.5 Å². The number of para-hydroxylation sites is 1. The molecule has 0 saturated heterocycles. The summed E-state index contributed by atoms with van der Waals surface area (Å²) in [6.45, 7) is 1.88. The molecule has 5 nitrogen and oxygen atoms in total. The van der Waals surface area contributed by atoms with Crippen LogP contribution in [0.3, 0.4) is 0 Å².